The predicted molar refractivity (Wildman–Crippen MR) is 47.5 cm³/mol. The van der Waals surface area contributed by atoms with Crippen LogP contribution < -0.4 is 0 Å². The van der Waals surface area contributed by atoms with Crippen LogP contribution in [0.3, 0.4) is 0 Å². The molecule has 4 nitrogen and oxygen atoms in total. The van der Waals surface area contributed by atoms with Crippen molar-refractivity contribution in [1.82, 2.24) is 15.2 Å². The number of aromatic nitrogens is 3. The molecule has 0 aliphatic rings. The lowest BCUT2D eigenvalue weighted by molar-refractivity contribution is 0.543. The molecule has 4 heteroatoms. The van der Waals surface area contributed by atoms with Gasteiger partial charge < -0.3 is 4.42 Å². The van der Waals surface area contributed by atoms with Gasteiger partial charge in [-0.2, -0.15) is 0 Å². The van der Waals surface area contributed by atoms with Crippen LogP contribution >= 0.6 is 0 Å². The Morgan fingerprint density at radius 1 is 1.31 bits per heavy atom. The van der Waals surface area contributed by atoms with E-state index in [0.717, 1.165) is 5.56 Å². The highest BCUT2D eigenvalue weighted by Crippen LogP contribution is 2.03. The first-order valence-corrected chi connectivity index (χ1v) is 3.79. The summed E-state index contributed by atoms with van der Waals surface area (Å²) in [6.07, 6.45) is 8.38. The van der Waals surface area contributed by atoms with E-state index in [2.05, 4.69) is 15.2 Å². The third-order valence-corrected chi connectivity index (χ3v) is 1.48. The third-order valence-electron chi connectivity index (χ3n) is 1.48. The summed E-state index contributed by atoms with van der Waals surface area (Å²) in [6, 6.07) is 3.81. The van der Waals surface area contributed by atoms with Crippen LogP contribution in [-0.4, -0.2) is 15.2 Å². The van der Waals surface area contributed by atoms with Crippen LogP contribution in [-0.2, 0) is 0 Å². The van der Waals surface area contributed by atoms with Crippen molar-refractivity contribution in [3.63, 3.8) is 0 Å². The lowest BCUT2D eigenvalue weighted by atomic mass is 10.2. The van der Waals surface area contributed by atoms with Gasteiger partial charge >= 0.3 is 0 Å². The summed E-state index contributed by atoms with van der Waals surface area (Å²) >= 11 is 0. The molecule has 0 N–H and O–H groups in total. The van der Waals surface area contributed by atoms with Crippen molar-refractivity contribution in [1.29, 1.82) is 0 Å². The van der Waals surface area contributed by atoms with Crippen LogP contribution in [0.5, 0.6) is 0 Å². The van der Waals surface area contributed by atoms with Gasteiger partial charge in [0.2, 0.25) is 12.3 Å². The molecule has 0 amide bonds. The largest absolute Gasteiger partial charge is 0.424 e. The highest BCUT2D eigenvalue weighted by Gasteiger charge is 1.90. The van der Waals surface area contributed by atoms with Crippen molar-refractivity contribution in [3.05, 3.63) is 42.4 Å². The normalized spacial score (nSPS) is 10.8. The molecule has 0 unspecified atom stereocenters. The third kappa shape index (κ3) is 1.99. The van der Waals surface area contributed by atoms with Crippen LogP contribution in [0.2, 0.25) is 0 Å². The van der Waals surface area contributed by atoms with Gasteiger partial charge in [0, 0.05) is 18.5 Å². The summed E-state index contributed by atoms with van der Waals surface area (Å²) in [5.74, 6) is 0.490. The standard InChI is InChI=1S/C9H7N3O/c1-2-8(6-10-5-1)3-4-9-12-11-7-13-9/h1-7H. The summed E-state index contributed by atoms with van der Waals surface area (Å²) in [4.78, 5) is 3.97. The van der Waals surface area contributed by atoms with Gasteiger partial charge in [-0.05, 0) is 17.7 Å². The summed E-state index contributed by atoms with van der Waals surface area (Å²) in [5.41, 5.74) is 1.00. The Kier molecular flexibility index (Phi) is 2.14. The molecular weight excluding hydrogens is 166 g/mol. The number of nitrogens with zero attached hydrogens (tertiary/aromatic N) is 3. The van der Waals surface area contributed by atoms with Crippen LogP contribution in [0.15, 0.2) is 35.3 Å². The molecule has 2 aromatic rings. The molecule has 0 aliphatic heterocycles. The molecule has 2 rings (SSSR count). The Hall–Kier alpha value is -1.97. The average molecular weight is 173 g/mol. The minimum atomic E-state index is 0.490. The maximum atomic E-state index is 4.93. The Bertz CT molecular complexity index is 381. The summed E-state index contributed by atoms with van der Waals surface area (Å²) in [7, 11) is 0. The Morgan fingerprint density at radius 2 is 2.31 bits per heavy atom. The molecule has 0 spiro atoms. The summed E-state index contributed by atoms with van der Waals surface area (Å²) in [5, 5.41) is 7.26. The zero-order valence-electron chi connectivity index (χ0n) is 6.79. The van der Waals surface area contributed by atoms with E-state index in [1.54, 1.807) is 18.5 Å². The molecule has 0 radical (unpaired) electrons. The first-order chi connectivity index (χ1) is 6.45. The van der Waals surface area contributed by atoms with E-state index in [-0.39, 0.29) is 0 Å². The second-order valence-electron chi connectivity index (χ2n) is 2.40. The Balaban J connectivity index is 2.15. The Labute approximate surface area is 75.0 Å². The molecule has 2 aromatic heterocycles. The monoisotopic (exact) mass is 173 g/mol. The quantitative estimate of drug-likeness (QED) is 0.692. The molecule has 0 bridgehead atoms. The van der Waals surface area contributed by atoms with Gasteiger partial charge in [-0.25, -0.2) is 0 Å². The lowest BCUT2D eigenvalue weighted by Crippen LogP contribution is -1.74. The molecular formula is C9H7N3O. The maximum absolute atomic E-state index is 4.93. The fraction of sp³-hybridized carbons (Fsp3) is 0. The second-order valence-corrected chi connectivity index (χ2v) is 2.40. The van der Waals surface area contributed by atoms with Gasteiger partial charge in [-0.15, -0.1) is 10.2 Å². The number of hydrogen-bond acceptors (Lipinski definition) is 4. The highest BCUT2D eigenvalue weighted by molar-refractivity contribution is 5.64. The van der Waals surface area contributed by atoms with E-state index in [9.17, 15) is 0 Å². The van der Waals surface area contributed by atoms with Crippen molar-refractivity contribution >= 4 is 12.2 Å². The van der Waals surface area contributed by atoms with Crippen LogP contribution in [0.1, 0.15) is 11.5 Å². The van der Waals surface area contributed by atoms with E-state index < -0.39 is 0 Å². The van der Waals surface area contributed by atoms with Crippen molar-refractivity contribution in [3.8, 4) is 0 Å². The molecule has 0 saturated carbocycles. The van der Waals surface area contributed by atoms with Gasteiger partial charge in [0.05, 0.1) is 0 Å². The SMILES string of the molecule is C(=Cc1nnco1)c1cccnc1. The Morgan fingerprint density at radius 3 is 3.00 bits per heavy atom. The number of rotatable bonds is 2. The minimum absolute atomic E-state index is 0.490. The molecule has 64 valence electrons. The van der Waals surface area contributed by atoms with Crippen molar-refractivity contribution in [2.24, 2.45) is 0 Å². The van der Waals surface area contributed by atoms with Crippen molar-refractivity contribution in [2.45, 2.75) is 0 Å². The molecule has 2 heterocycles. The van der Waals surface area contributed by atoms with Gasteiger partial charge in [0.15, 0.2) is 0 Å². The van der Waals surface area contributed by atoms with E-state index in [0.29, 0.717) is 5.89 Å². The van der Waals surface area contributed by atoms with E-state index in [1.807, 2.05) is 18.2 Å². The zero-order chi connectivity index (χ0) is 8.93. The number of hydrogen-bond donors (Lipinski definition) is 0. The summed E-state index contributed by atoms with van der Waals surface area (Å²) in [6.45, 7) is 0. The fourth-order valence-corrected chi connectivity index (χ4v) is 0.896. The molecule has 13 heavy (non-hydrogen) atoms. The highest BCUT2D eigenvalue weighted by atomic mass is 16.4. The first kappa shape index (κ1) is 7.67. The first-order valence-electron chi connectivity index (χ1n) is 3.79. The maximum Gasteiger partial charge on any atom is 0.240 e. The van der Waals surface area contributed by atoms with Crippen LogP contribution in [0.4, 0.5) is 0 Å². The number of pyridine rings is 1. The van der Waals surface area contributed by atoms with Crippen LogP contribution in [0, 0.1) is 0 Å². The smallest absolute Gasteiger partial charge is 0.240 e. The van der Waals surface area contributed by atoms with E-state index in [4.69, 9.17) is 4.42 Å². The van der Waals surface area contributed by atoms with Crippen molar-refractivity contribution < 1.29 is 4.42 Å². The molecule has 0 atom stereocenters. The molecule has 0 aromatic carbocycles. The average Bonchev–Trinajstić information content (AvgIpc) is 2.69. The van der Waals surface area contributed by atoms with Crippen molar-refractivity contribution in [2.75, 3.05) is 0 Å². The van der Waals surface area contributed by atoms with Gasteiger partial charge in [0.25, 0.3) is 0 Å². The van der Waals surface area contributed by atoms with Gasteiger partial charge in [-0.1, -0.05) is 6.07 Å². The lowest BCUT2D eigenvalue weighted by Gasteiger charge is -1.87. The van der Waals surface area contributed by atoms with Crippen LogP contribution in [0.25, 0.3) is 12.2 Å². The zero-order valence-corrected chi connectivity index (χ0v) is 6.79. The fourth-order valence-electron chi connectivity index (χ4n) is 0.896. The van der Waals surface area contributed by atoms with Gasteiger partial charge in [0.1, 0.15) is 0 Å². The molecule has 0 fully saturated rings. The van der Waals surface area contributed by atoms with E-state index >= 15 is 0 Å². The topological polar surface area (TPSA) is 51.8 Å². The van der Waals surface area contributed by atoms with Gasteiger partial charge in [-0.3, -0.25) is 4.98 Å². The second kappa shape index (κ2) is 3.62. The van der Waals surface area contributed by atoms with E-state index in [1.165, 1.54) is 6.39 Å². The molecule has 0 saturated heterocycles. The summed E-state index contributed by atoms with van der Waals surface area (Å²) < 4.78 is 4.93. The molecule has 0 aliphatic carbocycles. The predicted octanol–water partition coefficient (Wildman–Crippen LogP) is 1.64. The minimum Gasteiger partial charge on any atom is -0.424 e.